The maximum atomic E-state index is 16.9. The molecule has 0 amide bonds. The van der Waals surface area contributed by atoms with Crippen molar-refractivity contribution in [3.05, 3.63) is 0 Å². The number of unbranched alkanes of at least 4 members (excludes halogenated alkanes) is 8. The number of hydrogen-bond donors (Lipinski definition) is 0. The number of carbonyl (C=O) groups is 4. The SMILES string of the molecule is CCCCC(CCC)(CCCC)C(CC)(CC)C(=O)[O][Sn]([O]C(=O)C(CC)(CC)C(CCC)(CCCC)CCCC)([O]C(=O)C(CC)(CC)C(CCC)(CCCC)CCCC)[O]C(=O)C(CC)(CC)C(CCC)(CCCC)CCCC. The van der Waals surface area contributed by atoms with Gasteiger partial charge in [-0.1, -0.05) is 0 Å². The quantitative estimate of drug-likeness (QED) is 0.0555. The average Bonchev–Trinajstić information content (AvgIpc) is 3.46. The number of hydrogen-bond acceptors (Lipinski definition) is 8. The molecule has 0 bridgehead atoms. The van der Waals surface area contributed by atoms with Crippen molar-refractivity contribution in [3.8, 4) is 0 Å². The first-order valence-electron chi connectivity index (χ1n) is 35.7. The van der Waals surface area contributed by atoms with Crippen LogP contribution in [0.4, 0.5) is 0 Å². The van der Waals surface area contributed by atoms with Crippen molar-refractivity contribution < 1.29 is 31.5 Å². The second kappa shape index (κ2) is 40.2. The number of rotatable bonds is 52. The summed E-state index contributed by atoms with van der Waals surface area (Å²) < 4.78 is 30.0. The Balaban J connectivity index is 10.3. The predicted octanol–water partition coefficient (Wildman–Crippen LogP) is 23.5. The van der Waals surface area contributed by atoms with Crippen LogP contribution in [-0.2, 0) is 31.5 Å². The van der Waals surface area contributed by atoms with Crippen molar-refractivity contribution in [3.63, 3.8) is 0 Å². The van der Waals surface area contributed by atoms with Crippen LogP contribution in [0.5, 0.6) is 0 Å². The molecular formula is C72H140O8Sn. The fraction of sp³-hybridized carbons (Fsp3) is 0.944. The summed E-state index contributed by atoms with van der Waals surface area (Å²) in [6.45, 7) is 43.6. The van der Waals surface area contributed by atoms with Crippen molar-refractivity contribution in [2.75, 3.05) is 0 Å². The van der Waals surface area contributed by atoms with Gasteiger partial charge in [-0.3, -0.25) is 0 Å². The van der Waals surface area contributed by atoms with Gasteiger partial charge in [-0.05, 0) is 0 Å². The molecule has 0 saturated carbocycles. The van der Waals surface area contributed by atoms with Crippen molar-refractivity contribution in [2.24, 2.45) is 43.3 Å². The van der Waals surface area contributed by atoms with Crippen LogP contribution in [0.3, 0.4) is 0 Å². The molecule has 0 unspecified atom stereocenters. The van der Waals surface area contributed by atoms with Crippen LogP contribution in [0, 0.1) is 43.3 Å². The zero-order valence-electron chi connectivity index (χ0n) is 58.1. The van der Waals surface area contributed by atoms with E-state index >= 15 is 19.2 Å². The van der Waals surface area contributed by atoms with Crippen LogP contribution in [0.2, 0.25) is 0 Å². The molecule has 0 aliphatic carbocycles. The molecule has 0 rings (SSSR count). The molecule has 0 aromatic heterocycles. The van der Waals surface area contributed by atoms with Crippen LogP contribution in [0.1, 0.15) is 395 Å². The normalized spacial score (nSPS) is 13.4. The van der Waals surface area contributed by atoms with Gasteiger partial charge < -0.3 is 0 Å². The predicted molar refractivity (Wildman–Crippen MR) is 348 cm³/mol. The van der Waals surface area contributed by atoms with E-state index in [1.807, 2.05) is 0 Å². The molecule has 81 heavy (non-hydrogen) atoms. The van der Waals surface area contributed by atoms with E-state index in [0.29, 0.717) is 51.4 Å². The summed E-state index contributed by atoms with van der Waals surface area (Å²) in [5, 5.41) is 0. The van der Waals surface area contributed by atoms with Crippen LogP contribution in [-0.4, -0.2) is 43.9 Å². The summed E-state index contributed by atoms with van der Waals surface area (Å²) in [6, 6.07) is 0. The summed E-state index contributed by atoms with van der Waals surface area (Å²) in [4.78, 5) is 67.6. The molecule has 0 spiro atoms. The summed E-state index contributed by atoms with van der Waals surface area (Å²) in [5.74, 6) is -2.06. The van der Waals surface area contributed by atoms with E-state index in [-0.39, 0.29) is 0 Å². The van der Waals surface area contributed by atoms with Gasteiger partial charge in [-0.25, -0.2) is 0 Å². The van der Waals surface area contributed by atoms with Crippen LogP contribution >= 0.6 is 0 Å². The van der Waals surface area contributed by atoms with Gasteiger partial charge in [0.1, 0.15) is 0 Å². The monoisotopic (exact) mass is 1250 g/mol. The Morgan fingerprint density at radius 3 is 0.457 bits per heavy atom. The molecule has 480 valence electrons. The van der Waals surface area contributed by atoms with E-state index < -0.39 is 87.2 Å². The standard InChI is InChI=1S/4C18H36O2.Sn/c4*1-6-11-14-17(13-8-3,15-12-7-2)18(9-4,10-5)16(19)20;/h4*6-15H2,1-5H3,(H,19,20);/q;;;;+4/p-4. The van der Waals surface area contributed by atoms with E-state index in [0.717, 1.165) is 205 Å². The summed E-state index contributed by atoms with van der Waals surface area (Å²) in [5.41, 5.74) is -6.05. The van der Waals surface area contributed by atoms with Gasteiger partial charge in [0.15, 0.2) is 0 Å². The molecule has 9 heteroatoms. The molecule has 0 N–H and O–H groups in total. The molecule has 0 saturated heterocycles. The zero-order valence-corrected chi connectivity index (χ0v) is 60.9. The Hall–Kier alpha value is -1.32. The Morgan fingerprint density at radius 1 is 0.222 bits per heavy atom. The van der Waals surface area contributed by atoms with Gasteiger partial charge in [-0.15, -0.1) is 0 Å². The van der Waals surface area contributed by atoms with E-state index in [9.17, 15) is 0 Å². The first kappa shape index (κ1) is 79.7. The molecule has 0 aromatic carbocycles. The first-order valence-corrected chi connectivity index (χ1v) is 40.3. The molecule has 0 fully saturated rings. The zero-order chi connectivity index (χ0) is 61.9. The van der Waals surface area contributed by atoms with Gasteiger partial charge >= 0.3 is 514 Å². The molecule has 0 aromatic rings. The van der Waals surface area contributed by atoms with Gasteiger partial charge in [-0.2, -0.15) is 0 Å². The molecular weight excluding hydrogens is 1110 g/mol. The second-order valence-electron chi connectivity index (χ2n) is 26.2. The first-order chi connectivity index (χ1) is 38.7. The number of carbonyl (C=O) groups excluding carboxylic acids is 4. The van der Waals surface area contributed by atoms with Gasteiger partial charge in [0.05, 0.1) is 0 Å². The van der Waals surface area contributed by atoms with Crippen LogP contribution < -0.4 is 0 Å². The molecule has 0 atom stereocenters. The van der Waals surface area contributed by atoms with Crippen molar-refractivity contribution >= 4 is 43.9 Å². The Bertz CT molecular complexity index is 1410. The third-order valence-corrected chi connectivity index (χ3v) is 27.3. The third-order valence-electron chi connectivity index (χ3n) is 22.3. The molecule has 0 aliphatic rings. The van der Waals surface area contributed by atoms with Gasteiger partial charge in [0, 0.05) is 0 Å². The fourth-order valence-corrected chi connectivity index (χ4v) is 22.9. The molecule has 0 heterocycles. The minimum absolute atomic E-state index is 0.461. The van der Waals surface area contributed by atoms with Crippen LogP contribution in [0.15, 0.2) is 0 Å². The van der Waals surface area contributed by atoms with Crippen molar-refractivity contribution in [2.45, 2.75) is 395 Å². The van der Waals surface area contributed by atoms with E-state index in [1.54, 1.807) is 0 Å². The van der Waals surface area contributed by atoms with Crippen molar-refractivity contribution in [1.29, 1.82) is 0 Å². The van der Waals surface area contributed by atoms with E-state index in [2.05, 4.69) is 138 Å². The van der Waals surface area contributed by atoms with Crippen molar-refractivity contribution in [1.82, 2.24) is 0 Å². The molecule has 8 nitrogen and oxygen atoms in total. The molecule has 0 aliphatic heterocycles. The Labute approximate surface area is 511 Å². The maximum absolute atomic E-state index is 16.9. The van der Waals surface area contributed by atoms with E-state index in [4.69, 9.17) is 12.3 Å². The summed E-state index contributed by atoms with van der Waals surface area (Å²) >= 11 is -6.96. The van der Waals surface area contributed by atoms with E-state index in [1.165, 1.54) is 0 Å². The topological polar surface area (TPSA) is 105 Å². The Morgan fingerprint density at radius 2 is 0.358 bits per heavy atom. The van der Waals surface area contributed by atoms with Gasteiger partial charge in [0.2, 0.25) is 0 Å². The third kappa shape index (κ3) is 18.4. The van der Waals surface area contributed by atoms with Crippen LogP contribution in [0.25, 0.3) is 0 Å². The molecule has 0 radical (unpaired) electrons. The Kier molecular flexibility index (Phi) is 39.5. The minimum atomic E-state index is -6.96. The van der Waals surface area contributed by atoms with Gasteiger partial charge in [0.25, 0.3) is 0 Å². The summed E-state index contributed by atoms with van der Waals surface area (Å²) in [7, 11) is 0. The fourth-order valence-electron chi connectivity index (χ4n) is 17.4. The average molecular weight is 1250 g/mol. The second-order valence-corrected chi connectivity index (χ2v) is 31.3. The summed E-state index contributed by atoms with van der Waals surface area (Å²) in [6.07, 6.45) is 32.9.